The minimum atomic E-state index is -0.788. The molecule has 7 nitrogen and oxygen atoms in total. The van der Waals surface area contributed by atoms with E-state index in [-0.39, 0.29) is 5.91 Å². The molecule has 2 aromatic carbocycles. The van der Waals surface area contributed by atoms with E-state index in [4.69, 9.17) is 0 Å². The number of carbonyl (C=O) groups excluding carboxylic acids is 1. The molecule has 3 heterocycles. The number of hydrogen-bond acceptors (Lipinski definition) is 7. The maximum absolute atomic E-state index is 13.0. The molecule has 0 atom stereocenters. The highest BCUT2D eigenvalue weighted by molar-refractivity contribution is 8.00. The van der Waals surface area contributed by atoms with Gasteiger partial charge < -0.3 is 14.7 Å². The fraction of sp³-hybridized carbons (Fsp3) is 0.320. The van der Waals surface area contributed by atoms with Gasteiger partial charge in [0.2, 0.25) is 0 Å². The van der Waals surface area contributed by atoms with E-state index < -0.39 is 5.60 Å². The van der Waals surface area contributed by atoms with E-state index in [2.05, 4.69) is 20.9 Å². The normalized spacial score (nSPS) is 15.5. The fourth-order valence-electron chi connectivity index (χ4n) is 4.27. The molecule has 4 aromatic rings. The number of fused-ring (bicyclic) bond motifs is 1. The number of hydrogen-bond donors (Lipinski definition) is 2. The summed E-state index contributed by atoms with van der Waals surface area (Å²) in [5.74, 6) is 0.00676. The van der Waals surface area contributed by atoms with Crippen molar-refractivity contribution in [1.29, 1.82) is 0 Å². The smallest absolute Gasteiger partial charge is 0.253 e. The highest BCUT2D eigenvalue weighted by atomic mass is 32.2. The first-order valence-electron chi connectivity index (χ1n) is 11.4. The van der Waals surface area contributed by atoms with E-state index in [1.54, 1.807) is 11.3 Å². The van der Waals surface area contributed by atoms with Crippen LogP contribution in [-0.2, 0) is 13.0 Å². The zero-order chi connectivity index (χ0) is 23.5. The number of aromatic nitrogens is 3. The number of likely N-dealkylation sites (tertiary alicyclic amines) is 1. The van der Waals surface area contributed by atoms with Crippen molar-refractivity contribution in [2.75, 3.05) is 17.8 Å². The lowest BCUT2D eigenvalue weighted by atomic mass is 9.86. The van der Waals surface area contributed by atoms with Crippen molar-refractivity contribution in [3.05, 3.63) is 71.5 Å². The van der Waals surface area contributed by atoms with Crippen molar-refractivity contribution >= 4 is 45.1 Å². The first-order valence-corrected chi connectivity index (χ1v) is 13.1. The average Bonchev–Trinajstić information content (AvgIpc) is 3.52. The molecule has 1 saturated heterocycles. The van der Waals surface area contributed by atoms with Gasteiger partial charge in [-0.25, -0.2) is 4.98 Å². The van der Waals surface area contributed by atoms with Crippen LogP contribution in [0.4, 0.5) is 5.69 Å². The van der Waals surface area contributed by atoms with Crippen LogP contribution < -0.4 is 4.72 Å². The number of nitrogens with zero attached hydrogens (tertiary/aromatic N) is 4. The Morgan fingerprint density at radius 3 is 2.74 bits per heavy atom. The number of para-hydroxylation sites is 1. The lowest BCUT2D eigenvalue weighted by Gasteiger charge is -2.38. The second-order valence-electron chi connectivity index (χ2n) is 8.63. The van der Waals surface area contributed by atoms with Gasteiger partial charge in [0.15, 0.2) is 0 Å². The van der Waals surface area contributed by atoms with Crippen molar-refractivity contribution in [2.24, 2.45) is 0 Å². The molecule has 0 spiro atoms. The quantitative estimate of drug-likeness (QED) is 0.359. The van der Waals surface area contributed by atoms with Gasteiger partial charge in [0.1, 0.15) is 0 Å². The summed E-state index contributed by atoms with van der Waals surface area (Å²) in [7, 11) is 0. The Morgan fingerprint density at radius 2 is 2.00 bits per heavy atom. The molecular formula is C25H27N5O2S2. The summed E-state index contributed by atoms with van der Waals surface area (Å²) in [5.41, 5.74) is 4.69. The van der Waals surface area contributed by atoms with E-state index in [0.717, 1.165) is 32.9 Å². The van der Waals surface area contributed by atoms with E-state index in [1.807, 2.05) is 70.8 Å². The second-order valence-corrected chi connectivity index (χ2v) is 10.4. The molecule has 0 aliphatic carbocycles. The third-order valence-electron chi connectivity index (χ3n) is 6.26. The van der Waals surface area contributed by atoms with E-state index in [9.17, 15) is 9.90 Å². The second kappa shape index (κ2) is 9.77. The predicted molar refractivity (Wildman–Crippen MR) is 137 cm³/mol. The monoisotopic (exact) mass is 493 g/mol. The van der Waals surface area contributed by atoms with Gasteiger partial charge in [-0.1, -0.05) is 6.07 Å². The van der Waals surface area contributed by atoms with Gasteiger partial charge in [-0.3, -0.25) is 9.48 Å². The minimum absolute atomic E-state index is 0.00676. The van der Waals surface area contributed by atoms with Crippen molar-refractivity contribution in [3.63, 3.8) is 0 Å². The summed E-state index contributed by atoms with van der Waals surface area (Å²) < 4.78 is 6.38. The maximum atomic E-state index is 13.0. The van der Waals surface area contributed by atoms with Crippen LogP contribution in [-0.4, -0.2) is 49.4 Å². The zero-order valence-corrected chi connectivity index (χ0v) is 20.6. The zero-order valence-electron chi connectivity index (χ0n) is 19.0. The van der Waals surface area contributed by atoms with Crippen LogP contribution in [0, 0.1) is 0 Å². The highest BCUT2D eigenvalue weighted by Gasteiger charge is 2.34. The topological polar surface area (TPSA) is 83.3 Å². The lowest BCUT2D eigenvalue weighted by molar-refractivity contribution is -0.0162. The van der Waals surface area contributed by atoms with Crippen LogP contribution in [0.15, 0.2) is 65.3 Å². The molecule has 5 rings (SSSR count). The summed E-state index contributed by atoms with van der Waals surface area (Å²) in [6, 6.07) is 13.7. The van der Waals surface area contributed by atoms with Gasteiger partial charge in [-0.2, -0.15) is 5.10 Å². The predicted octanol–water partition coefficient (Wildman–Crippen LogP) is 4.84. The molecule has 0 unspecified atom stereocenters. The Hall–Kier alpha value is -2.88. The molecule has 1 amide bonds. The number of aliphatic hydroxyl groups is 1. The number of rotatable bonds is 7. The van der Waals surface area contributed by atoms with E-state index in [1.165, 1.54) is 11.9 Å². The molecule has 1 aliphatic rings. The summed E-state index contributed by atoms with van der Waals surface area (Å²) >= 11 is 3.15. The van der Waals surface area contributed by atoms with E-state index >= 15 is 0 Å². The highest BCUT2D eigenvalue weighted by Crippen LogP contribution is 2.30. The van der Waals surface area contributed by atoms with Gasteiger partial charge in [0.05, 0.1) is 32.4 Å². The molecule has 1 fully saturated rings. The Bertz CT molecular complexity index is 1280. The molecule has 9 heteroatoms. The van der Waals surface area contributed by atoms with Crippen LogP contribution in [0.1, 0.15) is 35.7 Å². The first-order chi connectivity index (χ1) is 16.5. The number of nitrogens with one attached hydrogen (secondary N) is 1. The Kier molecular flexibility index (Phi) is 6.58. The van der Waals surface area contributed by atoms with Crippen LogP contribution in [0.5, 0.6) is 0 Å². The van der Waals surface area contributed by atoms with Crippen LogP contribution >= 0.6 is 23.3 Å². The number of amides is 1. The Morgan fingerprint density at radius 1 is 1.21 bits per heavy atom. The average molecular weight is 494 g/mol. The van der Waals surface area contributed by atoms with Crippen LogP contribution in [0.25, 0.3) is 10.2 Å². The SMILES string of the molecule is CCn1cc(CC2(O)CCN(C(=O)c3ccc(NSc4cccc5scnc45)cc3)CC2)cn1. The van der Waals surface area contributed by atoms with Crippen LogP contribution in [0.3, 0.4) is 0 Å². The van der Waals surface area contributed by atoms with Crippen molar-refractivity contribution in [3.8, 4) is 0 Å². The van der Waals surface area contributed by atoms with Gasteiger partial charge in [0.25, 0.3) is 5.91 Å². The molecule has 34 heavy (non-hydrogen) atoms. The standard InChI is InChI=1S/C25H27N5O2S2/c1-2-30-16-18(15-27-30)14-25(32)10-12-29(13-11-25)24(31)19-6-8-20(9-7-19)28-34-22-5-3-4-21-23(22)26-17-33-21/h3-9,15-17,28,32H,2,10-14H2,1H3. The first kappa shape index (κ1) is 22.9. The Balaban J connectivity index is 1.16. The van der Waals surface area contributed by atoms with Crippen molar-refractivity contribution < 1.29 is 9.90 Å². The number of anilines is 1. The fourth-order valence-corrected chi connectivity index (χ4v) is 5.81. The number of benzene rings is 2. The van der Waals surface area contributed by atoms with Crippen LogP contribution in [0.2, 0.25) is 0 Å². The largest absolute Gasteiger partial charge is 0.389 e. The van der Waals surface area contributed by atoms with E-state index in [0.29, 0.717) is 37.9 Å². The third kappa shape index (κ3) is 4.96. The number of piperidine rings is 1. The molecule has 1 aliphatic heterocycles. The lowest BCUT2D eigenvalue weighted by Crippen LogP contribution is -2.47. The van der Waals surface area contributed by atoms with Gasteiger partial charge >= 0.3 is 0 Å². The summed E-state index contributed by atoms with van der Waals surface area (Å²) in [4.78, 5) is 20.4. The van der Waals surface area contributed by atoms with Gasteiger partial charge in [-0.15, -0.1) is 11.3 Å². The molecule has 2 aromatic heterocycles. The van der Waals surface area contributed by atoms with Crippen molar-refractivity contribution in [1.82, 2.24) is 19.7 Å². The third-order valence-corrected chi connectivity index (χ3v) is 7.94. The summed E-state index contributed by atoms with van der Waals surface area (Å²) in [6.07, 6.45) is 5.51. The summed E-state index contributed by atoms with van der Waals surface area (Å²) in [5, 5.41) is 15.3. The number of aryl methyl sites for hydroxylation is 1. The molecule has 0 saturated carbocycles. The van der Waals surface area contributed by atoms with Gasteiger partial charge in [0, 0.05) is 43.5 Å². The summed E-state index contributed by atoms with van der Waals surface area (Å²) in [6.45, 7) is 3.95. The number of carbonyl (C=O) groups is 1. The molecule has 0 bridgehead atoms. The Labute approximate surface area is 206 Å². The number of thiazole rings is 1. The molecular weight excluding hydrogens is 466 g/mol. The molecule has 176 valence electrons. The van der Waals surface area contributed by atoms with Gasteiger partial charge in [-0.05, 0) is 73.7 Å². The molecule has 0 radical (unpaired) electrons. The minimum Gasteiger partial charge on any atom is -0.389 e. The maximum Gasteiger partial charge on any atom is 0.253 e. The van der Waals surface area contributed by atoms with Crippen molar-refractivity contribution in [2.45, 2.75) is 43.2 Å². The molecule has 2 N–H and O–H groups in total.